The predicted octanol–water partition coefficient (Wildman–Crippen LogP) is 2.82. The van der Waals surface area contributed by atoms with Gasteiger partial charge in [-0.3, -0.25) is 0 Å². The van der Waals surface area contributed by atoms with Crippen LogP contribution in [-0.2, 0) is 6.18 Å². The van der Waals surface area contributed by atoms with E-state index in [9.17, 15) is 13.2 Å². The molecule has 0 saturated heterocycles. The lowest BCUT2D eigenvalue weighted by Gasteiger charge is -2.20. The largest absolute Gasteiger partial charge is 0.488 e. The van der Waals surface area contributed by atoms with Crippen molar-refractivity contribution in [2.45, 2.75) is 32.2 Å². The van der Waals surface area contributed by atoms with Crippen molar-refractivity contribution in [1.82, 2.24) is 0 Å². The van der Waals surface area contributed by atoms with Gasteiger partial charge >= 0.3 is 6.18 Å². The standard InChI is InChI=1S/C11H14F3NO/c1-7(15)8(2)16-10-6-4-3-5-9(10)11(12,13)14/h3-8H,15H2,1-2H3/t7-,8?/m0/s1. The highest BCUT2D eigenvalue weighted by Gasteiger charge is 2.34. The lowest BCUT2D eigenvalue weighted by Crippen LogP contribution is -2.34. The minimum absolute atomic E-state index is 0.181. The first kappa shape index (κ1) is 12.8. The fourth-order valence-corrected chi connectivity index (χ4v) is 1.11. The molecule has 0 amide bonds. The summed E-state index contributed by atoms with van der Waals surface area (Å²) in [5.41, 5.74) is 4.76. The average molecular weight is 233 g/mol. The first-order valence-electron chi connectivity index (χ1n) is 4.91. The first-order valence-corrected chi connectivity index (χ1v) is 4.91. The molecular weight excluding hydrogens is 219 g/mol. The van der Waals surface area contributed by atoms with Crippen LogP contribution < -0.4 is 10.5 Å². The molecule has 5 heteroatoms. The van der Waals surface area contributed by atoms with Gasteiger partial charge in [0.25, 0.3) is 0 Å². The van der Waals surface area contributed by atoms with Crippen molar-refractivity contribution < 1.29 is 17.9 Å². The topological polar surface area (TPSA) is 35.2 Å². The van der Waals surface area contributed by atoms with Crippen molar-refractivity contribution in [3.63, 3.8) is 0 Å². The van der Waals surface area contributed by atoms with Crippen LogP contribution in [0.3, 0.4) is 0 Å². The van der Waals surface area contributed by atoms with Gasteiger partial charge in [-0.2, -0.15) is 13.2 Å². The van der Waals surface area contributed by atoms with Gasteiger partial charge in [0, 0.05) is 6.04 Å². The van der Waals surface area contributed by atoms with E-state index in [1.807, 2.05) is 0 Å². The number of hydrogen-bond donors (Lipinski definition) is 1. The number of rotatable bonds is 3. The molecule has 0 spiro atoms. The molecule has 0 heterocycles. The summed E-state index contributed by atoms with van der Waals surface area (Å²) in [4.78, 5) is 0. The molecule has 90 valence electrons. The van der Waals surface area contributed by atoms with Crippen molar-refractivity contribution in [2.75, 3.05) is 0 Å². The molecule has 2 atom stereocenters. The fraction of sp³-hybridized carbons (Fsp3) is 0.455. The molecule has 1 unspecified atom stereocenters. The van der Waals surface area contributed by atoms with Gasteiger partial charge in [0.2, 0.25) is 0 Å². The highest BCUT2D eigenvalue weighted by molar-refractivity contribution is 5.35. The number of hydrogen-bond acceptors (Lipinski definition) is 2. The Balaban J connectivity index is 2.96. The molecule has 0 saturated carbocycles. The zero-order valence-corrected chi connectivity index (χ0v) is 9.08. The van der Waals surface area contributed by atoms with Gasteiger partial charge in [-0.05, 0) is 26.0 Å². The Kier molecular flexibility index (Phi) is 3.80. The highest BCUT2D eigenvalue weighted by atomic mass is 19.4. The molecule has 0 aliphatic heterocycles. The second-order valence-electron chi connectivity index (χ2n) is 3.68. The first-order chi connectivity index (χ1) is 7.32. The quantitative estimate of drug-likeness (QED) is 0.871. The number of benzene rings is 1. The second kappa shape index (κ2) is 4.74. The van der Waals surface area contributed by atoms with E-state index >= 15 is 0 Å². The maximum atomic E-state index is 12.6. The second-order valence-corrected chi connectivity index (χ2v) is 3.68. The number of ether oxygens (including phenoxy) is 1. The molecule has 16 heavy (non-hydrogen) atoms. The zero-order chi connectivity index (χ0) is 12.3. The molecule has 1 rings (SSSR count). The summed E-state index contributed by atoms with van der Waals surface area (Å²) in [6.07, 6.45) is -4.88. The van der Waals surface area contributed by atoms with E-state index in [4.69, 9.17) is 10.5 Å². The van der Waals surface area contributed by atoms with Crippen LogP contribution in [0.4, 0.5) is 13.2 Å². The van der Waals surface area contributed by atoms with Crippen LogP contribution in [0.1, 0.15) is 19.4 Å². The Hall–Kier alpha value is -1.23. The molecule has 1 aromatic carbocycles. The molecule has 1 aromatic rings. The Morgan fingerprint density at radius 1 is 1.19 bits per heavy atom. The van der Waals surface area contributed by atoms with Gasteiger partial charge in [-0.25, -0.2) is 0 Å². The van der Waals surface area contributed by atoms with E-state index in [1.165, 1.54) is 18.2 Å². The Bertz CT molecular complexity index is 349. The van der Waals surface area contributed by atoms with E-state index in [-0.39, 0.29) is 11.8 Å². The lowest BCUT2D eigenvalue weighted by atomic mass is 10.2. The monoisotopic (exact) mass is 233 g/mol. The average Bonchev–Trinajstić information content (AvgIpc) is 2.16. The van der Waals surface area contributed by atoms with E-state index in [2.05, 4.69) is 0 Å². The van der Waals surface area contributed by atoms with E-state index < -0.39 is 17.8 Å². The van der Waals surface area contributed by atoms with Crippen LogP contribution >= 0.6 is 0 Å². The summed E-state index contributed by atoms with van der Waals surface area (Å²) in [5, 5.41) is 0. The van der Waals surface area contributed by atoms with E-state index in [0.29, 0.717) is 0 Å². The Labute approximate surface area is 92.2 Å². The normalized spacial score (nSPS) is 15.6. The summed E-state index contributed by atoms with van der Waals surface area (Å²) in [6, 6.07) is 4.77. The minimum Gasteiger partial charge on any atom is -0.488 e. The molecule has 0 radical (unpaired) electrons. The SMILES string of the molecule is CC(Oc1ccccc1C(F)(F)F)[C@H](C)N. The van der Waals surface area contributed by atoms with Crippen LogP contribution in [0.2, 0.25) is 0 Å². The molecule has 0 bridgehead atoms. The maximum absolute atomic E-state index is 12.6. The number of alkyl halides is 3. The van der Waals surface area contributed by atoms with Crippen molar-refractivity contribution in [2.24, 2.45) is 5.73 Å². The minimum atomic E-state index is -4.41. The molecule has 0 aromatic heterocycles. The fourth-order valence-electron chi connectivity index (χ4n) is 1.11. The van der Waals surface area contributed by atoms with E-state index in [0.717, 1.165) is 6.07 Å². The molecule has 2 N–H and O–H groups in total. The van der Waals surface area contributed by atoms with Crippen molar-refractivity contribution in [1.29, 1.82) is 0 Å². The van der Waals surface area contributed by atoms with Crippen LogP contribution in [0.25, 0.3) is 0 Å². The van der Waals surface area contributed by atoms with Crippen LogP contribution in [0.15, 0.2) is 24.3 Å². The predicted molar refractivity (Wildman–Crippen MR) is 55.2 cm³/mol. The summed E-state index contributed by atoms with van der Waals surface area (Å²) in [5.74, 6) is -0.181. The maximum Gasteiger partial charge on any atom is 0.419 e. The van der Waals surface area contributed by atoms with Gasteiger partial charge in [0.1, 0.15) is 11.9 Å². The number of nitrogens with two attached hydrogens (primary N) is 1. The molecule has 2 nitrogen and oxygen atoms in total. The highest BCUT2D eigenvalue weighted by Crippen LogP contribution is 2.36. The third kappa shape index (κ3) is 3.13. The Morgan fingerprint density at radius 3 is 2.25 bits per heavy atom. The summed E-state index contributed by atoms with van der Waals surface area (Å²) in [7, 11) is 0. The van der Waals surface area contributed by atoms with Gasteiger partial charge in [0.05, 0.1) is 5.56 Å². The summed E-state index contributed by atoms with van der Waals surface area (Å²) < 4.78 is 43.0. The van der Waals surface area contributed by atoms with Gasteiger partial charge in [0.15, 0.2) is 0 Å². The van der Waals surface area contributed by atoms with E-state index in [1.54, 1.807) is 13.8 Å². The van der Waals surface area contributed by atoms with Crippen molar-refractivity contribution in [3.05, 3.63) is 29.8 Å². The molecule has 0 aliphatic carbocycles. The van der Waals surface area contributed by atoms with Crippen LogP contribution in [0, 0.1) is 0 Å². The smallest absolute Gasteiger partial charge is 0.419 e. The third-order valence-corrected chi connectivity index (χ3v) is 2.25. The third-order valence-electron chi connectivity index (χ3n) is 2.25. The van der Waals surface area contributed by atoms with Crippen molar-refractivity contribution in [3.8, 4) is 5.75 Å². The Morgan fingerprint density at radius 2 is 1.75 bits per heavy atom. The molecular formula is C11H14F3NO. The number of para-hydroxylation sites is 1. The zero-order valence-electron chi connectivity index (χ0n) is 9.08. The summed E-state index contributed by atoms with van der Waals surface area (Å²) >= 11 is 0. The lowest BCUT2D eigenvalue weighted by molar-refractivity contribution is -0.139. The van der Waals surface area contributed by atoms with Crippen molar-refractivity contribution >= 4 is 0 Å². The van der Waals surface area contributed by atoms with Crippen LogP contribution in [-0.4, -0.2) is 12.1 Å². The van der Waals surface area contributed by atoms with Crippen LogP contribution in [0.5, 0.6) is 5.75 Å². The molecule has 0 fully saturated rings. The molecule has 0 aliphatic rings. The van der Waals surface area contributed by atoms with Gasteiger partial charge in [-0.1, -0.05) is 12.1 Å². The van der Waals surface area contributed by atoms with Gasteiger partial charge in [-0.15, -0.1) is 0 Å². The summed E-state index contributed by atoms with van der Waals surface area (Å²) in [6.45, 7) is 3.32. The van der Waals surface area contributed by atoms with Gasteiger partial charge < -0.3 is 10.5 Å². The number of halogens is 3.